The Balaban J connectivity index is 1.34. The summed E-state index contributed by atoms with van der Waals surface area (Å²) >= 11 is 5.85. The number of carbonyl (C=O) groups excluding carboxylic acids is 1. The number of nitrogens with one attached hydrogen (secondary N) is 2. The van der Waals surface area contributed by atoms with Crippen molar-refractivity contribution in [3.63, 3.8) is 0 Å². The predicted octanol–water partition coefficient (Wildman–Crippen LogP) is 4.23. The number of rotatable bonds is 11. The maximum atomic E-state index is 13.0. The fraction of sp³-hybridized carbons (Fsp3) is 0.452. The smallest absolute Gasteiger partial charge is 0.226 e. The number of ether oxygens (including phenoxy) is 2. The number of thiocarbonyl (C=S) groups is 1. The van der Waals surface area contributed by atoms with Crippen molar-refractivity contribution in [1.29, 1.82) is 0 Å². The first-order chi connectivity index (χ1) is 20.0. The van der Waals surface area contributed by atoms with Crippen molar-refractivity contribution < 1.29 is 14.3 Å². The normalized spacial score (nSPS) is 19.3. The van der Waals surface area contributed by atoms with E-state index in [-0.39, 0.29) is 24.4 Å². The predicted molar refractivity (Wildman–Crippen MR) is 164 cm³/mol. The lowest BCUT2D eigenvalue weighted by Crippen LogP contribution is -2.37. The van der Waals surface area contributed by atoms with Crippen molar-refractivity contribution >= 4 is 28.9 Å². The molecule has 3 aromatic rings. The molecule has 0 unspecified atom stereocenters. The van der Waals surface area contributed by atoms with E-state index in [2.05, 4.69) is 49.9 Å². The van der Waals surface area contributed by atoms with Gasteiger partial charge in [0, 0.05) is 56.7 Å². The van der Waals surface area contributed by atoms with Gasteiger partial charge in [-0.3, -0.25) is 14.7 Å². The van der Waals surface area contributed by atoms with Gasteiger partial charge >= 0.3 is 0 Å². The third-order valence-electron chi connectivity index (χ3n) is 8.05. The second-order valence-electron chi connectivity index (χ2n) is 10.6. The number of pyridine rings is 1. The highest BCUT2D eigenvalue weighted by Crippen LogP contribution is 2.41. The third kappa shape index (κ3) is 6.72. The summed E-state index contributed by atoms with van der Waals surface area (Å²) in [7, 11) is 1.60. The summed E-state index contributed by atoms with van der Waals surface area (Å²) in [6, 6.07) is 15.5. The minimum Gasteiger partial charge on any atom is -0.495 e. The number of hydrogen-bond donors (Lipinski definition) is 2. The molecule has 0 aliphatic carbocycles. The molecule has 41 heavy (non-hydrogen) atoms. The zero-order valence-electron chi connectivity index (χ0n) is 24.1. The van der Waals surface area contributed by atoms with E-state index in [1.807, 2.05) is 48.7 Å². The first-order valence-electron chi connectivity index (χ1n) is 14.3. The summed E-state index contributed by atoms with van der Waals surface area (Å²) in [4.78, 5) is 22.3. The van der Waals surface area contributed by atoms with E-state index in [0.717, 1.165) is 51.5 Å². The monoisotopic (exact) mass is 576 g/mol. The molecule has 10 heteroatoms. The molecule has 4 heterocycles. The topological polar surface area (TPSA) is 83.9 Å². The van der Waals surface area contributed by atoms with Crippen molar-refractivity contribution in [2.75, 3.05) is 51.8 Å². The molecular formula is C31H40N6O3S. The standard InChI is InChI=1S/C31H40N6O3S/c1-22-21-24(23(2)36(22)15-8-14-35-17-19-40-20-18-35)30-29(26-10-6-7-13-32-26)34-31(41)37(30)16-12-28(38)33-25-9-4-5-11-27(25)39-3/h4-7,9-11,13,21,29-30H,8,12,14-20H2,1-3H3,(H,33,38)(H,34,41)/t29-,30-/m1/s1. The second kappa shape index (κ2) is 13.5. The van der Waals surface area contributed by atoms with Gasteiger partial charge < -0.3 is 29.6 Å². The SMILES string of the molecule is COc1ccccc1NC(=O)CCN1C(=S)N[C@H](c2ccccn2)[C@H]1c1cc(C)n(CCCN2CCOCC2)c1C. The number of hydrogen-bond acceptors (Lipinski definition) is 6. The van der Waals surface area contributed by atoms with Gasteiger partial charge in [-0.25, -0.2) is 0 Å². The van der Waals surface area contributed by atoms with Gasteiger partial charge in [0.15, 0.2) is 5.11 Å². The van der Waals surface area contributed by atoms with Gasteiger partial charge in [0.2, 0.25) is 5.91 Å². The Morgan fingerprint density at radius 3 is 2.66 bits per heavy atom. The van der Waals surface area contributed by atoms with E-state index in [0.29, 0.717) is 23.1 Å². The average Bonchev–Trinajstić information content (AvgIpc) is 3.47. The van der Waals surface area contributed by atoms with Gasteiger partial charge in [-0.05, 0) is 68.4 Å². The van der Waals surface area contributed by atoms with E-state index in [4.69, 9.17) is 21.7 Å². The fourth-order valence-electron chi connectivity index (χ4n) is 5.92. The highest BCUT2D eigenvalue weighted by molar-refractivity contribution is 7.80. The highest BCUT2D eigenvalue weighted by atomic mass is 32.1. The number of methoxy groups -OCH3 is 1. The largest absolute Gasteiger partial charge is 0.495 e. The van der Waals surface area contributed by atoms with Crippen LogP contribution in [-0.2, 0) is 16.1 Å². The number of anilines is 1. The van der Waals surface area contributed by atoms with Crippen molar-refractivity contribution in [2.45, 2.75) is 45.3 Å². The maximum Gasteiger partial charge on any atom is 0.226 e. The molecule has 0 radical (unpaired) electrons. The van der Waals surface area contributed by atoms with Crippen LogP contribution in [0.25, 0.3) is 0 Å². The number of aromatic nitrogens is 2. The Morgan fingerprint density at radius 2 is 1.90 bits per heavy atom. The average molecular weight is 577 g/mol. The Bertz CT molecular complexity index is 1340. The molecular weight excluding hydrogens is 536 g/mol. The van der Waals surface area contributed by atoms with Crippen LogP contribution in [0, 0.1) is 13.8 Å². The zero-order chi connectivity index (χ0) is 28.8. The maximum absolute atomic E-state index is 13.0. The Hall–Kier alpha value is -3.47. The van der Waals surface area contributed by atoms with Crippen LogP contribution in [0.3, 0.4) is 0 Å². The molecule has 0 saturated carbocycles. The van der Waals surface area contributed by atoms with E-state index in [1.165, 1.54) is 17.0 Å². The lowest BCUT2D eigenvalue weighted by Gasteiger charge is -2.28. The van der Waals surface area contributed by atoms with E-state index >= 15 is 0 Å². The van der Waals surface area contributed by atoms with Crippen LogP contribution < -0.4 is 15.4 Å². The first-order valence-corrected chi connectivity index (χ1v) is 14.7. The summed E-state index contributed by atoms with van der Waals surface area (Å²) < 4.78 is 13.3. The van der Waals surface area contributed by atoms with Crippen molar-refractivity contribution in [1.82, 2.24) is 24.7 Å². The Labute approximate surface area is 247 Å². The molecule has 218 valence electrons. The van der Waals surface area contributed by atoms with E-state index in [9.17, 15) is 4.79 Å². The summed E-state index contributed by atoms with van der Waals surface area (Å²) in [6.07, 6.45) is 3.17. The summed E-state index contributed by atoms with van der Waals surface area (Å²) in [5.74, 6) is 0.541. The number of benzene rings is 1. The van der Waals surface area contributed by atoms with Crippen LogP contribution in [0.2, 0.25) is 0 Å². The molecule has 0 bridgehead atoms. The summed E-state index contributed by atoms with van der Waals surface area (Å²) in [5, 5.41) is 7.14. The lowest BCUT2D eigenvalue weighted by molar-refractivity contribution is -0.116. The van der Waals surface area contributed by atoms with Gasteiger partial charge in [0.1, 0.15) is 5.75 Å². The van der Waals surface area contributed by atoms with E-state index < -0.39 is 0 Å². The second-order valence-corrected chi connectivity index (χ2v) is 11.0. The van der Waals surface area contributed by atoms with Gasteiger partial charge in [-0.2, -0.15) is 0 Å². The van der Waals surface area contributed by atoms with Gasteiger partial charge in [-0.15, -0.1) is 0 Å². The molecule has 2 aliphatic heterocycles. The number of para-hydroxylation sites is 2. The molecule has 2 aromatic heterocycles. The van der Waals surface area contributed by atoms with Crippen LogP contribution in [0.5, 0.6) is 5.75 Å². The summed E-state index contributed by atoms with van der Waals surface area (Å²) in [6.45, 7) is 10.5. The van der Waals surface area contributed by atoms with Gasteiger partial charge in [-0.1, -0.05) is 18.2 Å². The van der Waals surface area contributed by atoms with Crippen molar-refractivity contribution in [3.05, 3.63) is 77.4 Å². The Morgan fingerprint density at radius 1 is 1.12 bits per heavy atom. The third-order valence-corrected chi connectivity index (χ3v) is 8.40. The molecule has 0 spiro atoms. The first kappa shape index (κ1) is 29.0. The molecule has 1 aromatic carbocycles. The molecule has 1 amide bonds. The van der Waals surface area contributed by atoms with Crippen molar-refractivity contribution in [3.8, 4) is 5.75 Å². The van der Waals surface area contributed by atoms with Gasteiger partial charge in [0.05, 0.1) is 43.8 Å². The number of aryl methyl sites for hydroxylation is 1. The lowest BCUT2D eigenvalue weighted by atomic mass is 9.96. The van der Waals surface area contributed by atoms with Crippen LogP contribution in [0.4, 0.5) is 5.69 Å². The van der Waals surface area contributed by atoms with Crippen LogP contribution in [0.1, 0.15) is 47.6 Å². The number of carbonyl (C=O) groups is 1. The quantitative estimate of drug-likeness (QED) is 0.328. The number of nitrogens with zero attached hydrogens (tertiary/aromatic N) is 4. The summed E-state index contributed by atoms with van der Waals surface area (Å²) in [5.41, 5.74) is 5.25. The molecule has 2 aliphatic rings. The zero-order valence-corrected chi connectivity index (χ0v) is 25.0. The molecule has 2 saturated heterocycles. The minimum atomic E-state index is -0.122. The molecule has 9 nitrogen and oxygen atoms in total. The Kier molecular flexibility index (Phi) is 9.53. The van der Waals surface area contributed by atoms with Crippen LogP contribution >= 0.6 is 12.2 Å². The molecule has 2 atom stereocenters. The minimum absolute atomic E-state index is 0.0874. The number of amides is 1. The van der Waals surface area contributed by atoms with E-state index in [1.54, 1.807) is 7.11 Å². The fourth-order valence-corrected chi connectivity index (χ4v) is 6.25. The number of morpholine rings is 1. The molecule has 5 rings (SSSR count). The molecule has 2 fully saturated rings. The van der Waals surface area contributed by atoms with Crippen molar-refractivity contribution in [2.24, 2.45) is 0 Å². The highest BCUT2D eigenvalue weighted by Gasteiger charge is 2.41. The van der Waals surface area contributed by atoms with Gasteiger partial charge in [0.25, 0.3) is 0 Å². The van der Waals surface area contributed by atoms with Crippen LogP contribution in [-0.4, -0.2) is 76.9 Å². The molecule has 2 N–H and O–H groups in total. The van der Waals surface area contributed by atoms with Crippen LogP contribution in [0.15, 0.2) is 54.7 Å².